The van der Waals surface area contributed by atoms with Crippen LogP contribution in [0.3, 0.4) is 0 Å². The fourth-order valence-corrected chi connectivity index (χ4v) is 2.88. The van der Waals surface area contributed by atoms with Gasteiger partial charge in [0.05, 0.1) is 17.8 Å². The Morgan fingerprint density at radius 1 is 0.923 bits per heavy atom. The first-order valence-electron chi connectivity index (χ1n) is 9.32. The molecule has 0 spiro atoms. The van der Waals surface area contributed by atoms with E-state index in [1.807, 2.05) is 48.5 Å². The Morgan fingerprint density at radius 2 is 1.62 bits per heavy atom. The molecule has 0 aliphatic heterocycles. The van der Waals surface area contributed by atoms with Crippen molar-refractivity contribution in [2.24, 2.45) is 0 Å². The zero-order chi connectivity index (χ0) is 18.8. The molecule has 0 saturated heterocycles. The minimum absolute atomic E-state index is 0.0861. The van der Waals surface area contributed by atoms with E-state index in [0.29, 0.717) is 24.3 Å². The van der Waals surface area contributed by atoms with Gasteiger partial charge in [0.1, 0.15) is 0 Å². The van der Waals surface area contributed by atoms with Crippen LogP contribution in [-0.4, -0.2) is 18.4 Å². The topological polar surface area (TPSA) is 49.4 Å². The molecule has 0 bridgehead atoms. The van der Waals surface area contributed by atoms with Gasteiger partial charge in [-0.3, -0.25) is 9.59 Å². The molecule has 0 atom stereocenters. The Hall–Kier alpha value is -2.62. The number of unbranched alkanes of at least 4 members (excludes halogenated alkanes) is 3. The van der Waals surface area contributed by atoms with Crippen molar-refractivity contribution in [3.8, 4) is 0 Å². The van der Waals surface area contributed by atoms with Gasteiger partial charge in [0.25, 0.3) is 5.91 Å². The molecule has 26 heavy (non-hydrogen) atoms. The van der Waals surface area contributed by atoms with Crippen molar-refractivity contribution in [3.63, 3.8) is 0 Å². The molecule has 138 valence electrons. The Labute approximate surface area is 156 Å². The van der Waals surface area contributed by atoms with Gasteiger partial charge in [0.15, 0.2) is 0 Å². The van der Waals surface area contributed by atoms with E-state index in [-0.39, 0.29) is 11.8 Å². The summed E-state index contributed by atoms with van der Waals surface area (Å²) in [6.45, 7) is 4.79. The largest absolute Gasteiger partial charge is 0.352 e. The summed E-state index contributed by atoms with van der Waals surface area (Å²) in [5, 5.41) is 2.98. The van der Waals surface area contributed by atoms with Crippen molar-refractivity contribution in [2.45, 2.75) is 46.1 Å². The Morgan fingerprint density at radius 3 is 2.31 bits per heavy atom. The van der Waals surface area contributed by atoms with Crippen LogP contribution >= 0.6 is 0 Å². The van der Waals surface area contributed by atoms with E-state index < -0.39 is 0 Å². The van der Waals surface area contributed by atoms with Gasteiger partial charge in [0.2, 0.25) is 5.91 Å². The monoisotopic (exact) mass is 352 g/mol. The van der Waals surface area contributed by atoms with Crippen LogP contribution in [0.1, 0.15) is 55.5 Å². The number of benzene rings is 2. The van der Waals surface area contributed by atoms with Crippen molar-refractivity contribution < 1.29 is 9.59 Å². The standard InChI is InChI=1S/C22H28N2O2/c1-3-4-5-11-16-23-22(26)20-14-9-10-15-21(20)24(18(2)25)17-19-12-7-6-8-13-19/h6-10,12-15H,3-5,11,16-17H2,1-2H3,(H,23,26). The maximum atomic E-state index is 12.6. The van der Waals surface area contributed by atoms with Crippen LogP contribution < -0.4 is 10.2 Å². The van der Waals surface area contributed by atoms with Gasteiger partial charge in [-0.15, -0.1) is 0 Å². The first kappa shape index (κ1) is 19.7. The highest BCUT2D eigenvalue weighted by Gasteiger charge is 2.19. The normalized spacial score (nSPS) is 10.4. The highest BCUT2D eigenvalue weighted by molar-refractivity contribution is 6.04. The molecule has 0 aliphatic carbocycles. The summed E-state index contributed by atoms with van der Waals surface area (Å²) in [5.74, 6) is -0.214. The number of hydrogen-bond acceptors (Lipinski definition) is 2. The molecule has 0 aliphatic rings. The van der Waals surface area contributed by atoms with Crippen LogP contribution in [0.5, 0.6) is 0 Å². The molecule has 2 aromatic carbocycles. The van der Waals surface area contributed by atoms with Gasteiger partial charge in [0, 0.05) is 13.5 Å². The van der Waals surface area contributed by atoms with Gasteiger partial charge in [-0.05, 0) is 24.1 Å². The smallest absolute Gasteiger partial charge is 0.253 e. The second kappa shape index (κ2) is 10.4. The van der Waals surface area contributed by atoms with Crippen LogP contribution in [0.25, 0.3) is 0 Å². The molecule has 4 heteroatoms. The number of carbonyl (C=O) groups is 2. The number of nitrogens with zero attached hydrogens (tertiary/aromatic N) is 1. The fourth-order valence-electron chi connectivity index (χ4n) is 2.88. The number of nitrogens with one attached hydrogen (secondary N) is 1. The number of rotatable bonds is 9. The summed E-state index contributed by atoms with van der Waals surface area (Å²) in [4.78, 5) is 26.5. The molecule has 2 amide bonds. The lowest BCUT2D eigenvalue weighted by atomic mass is 10.1. The third-order valence-corrected chi connectivity index (χ3v) is 4.32. The molecule has 0 saturated carbocycles. The van der Waals surface area contributed by atoms with E-state index >= 15 is 0 Å². The highest BCUT2D eigenvalue weighted by Crippen LogP contribution is 2.23. The Balaban J connectivity index is 2.14. The minimum Gasteiger partial charge on any atom is -0.352 e. The summed E-state index contributed by atoms with van der Waals surface area (Å²) in [6, 6.07) is 17.1. The molecule has 1 N–H and O–H groups in total. The van der Waals surface area contributed by atoms with Crippen molar-refractivity contribution in [3.05, 3.63) is 65.7 Å². The highest BCUT2D eigenvalue weighted by atomic mass is 16.2. The van der Waals surface area contributed by atoms with Crippen molar-refractivity contribution in [2.75, 3.05) is 11.4 Å². The first-order valence-corrected chi connectivity index (χ1v) is 9.32. The number of anilines is 1. The number of carbonyl (C=O) groups excluding carboxylic acids is 2. The van der Waals surface area contributed by atoms with Gasteiger partial charge in [-0.2, -0.15) is 0 Å². The van der Waals surface area contributed by atoms with Crippen molar-refractivity contribution in [1.29, 1.82) is 0 Å². The molecule has 4 nitrogen and oxygen atoms in total. The first-order chi connectivity index (χ1) is 12.6. The van der Waals surface area contributed by atoms with Gasteiger partial charge >= 0.3 is 0 Å². The molecular weight excluding hydrogens is 324 g/mol. The van der Waals surface area contributed by atoms with Gasteiger partial charge < -0.3 is 10.2 Å². The second-order valence-electron chi connectivity index (χ2n) is 6.42. The molecule has 0 heterocycles. The third kappa shape index (κ3) is 5.73. The Kier molecular flexibility index (Phi) is 7.87. The predicted octanol–water partition coefficient (Wildman–Crippen LogP) is 4.55. The summed E-state index contributed by atoms with van der Waals surface area (Å²) in [7, 11) is 0. The lowest BCUT2D eigenvalue weighted by molar-refractivity contribution is -0.116. The minimum atomic E-state index is -0.128. The lowest BCUT2D eigenvalue weighted by Gasteiger charge is -2.24. The second-order valence-corrected chi connectivity index (χ2v) is 6.42. The Bertz CT molecular complexity index is 713. The van der Waals surface area contributed by atoms with Crippen LogP contribution in [0.4, 0.5) is 5.69 Å². The molecule has 2 aromatic rings. The lowest BCUT2D eigenvalue weighted by Crippen LogP contribution is -2.32. The van der Waals surface area contributed by atoms with E-state index in [1.165, 1.54) is 19.8 Å². The number of amides is 2. The molecule has 0 aromatic heterocycles. The zero-order valence-electron chi connectivity index (χ0n) is 15.7. The van der Waals surface area contributed by atoms with Gasteiger partial charge in [-0.1, -0.05) is 68.7 Å². The molecule has 2 rings (SSSR count). The maximum absolute atomic E-state index is 12.6. The van der Waals surface area contributed by atoms with E-state index in [0.717, 1.165) is 18.4 Å². The van der Waals surface area contributed by atoms with Gasteiger partial charge in [-0.25, -0.2) is 0 Å². The van der Waals surface area contributed by atoms with E-state index in [4.69, 9.17) is 0 Å². The van der Waals surface area contributed by atoms with Crippen molar-refractivity contribution >= 4 is 17.5 Å². The van der Waals surface area contributed by atoms with E-state index in [1.54, 1.807) is 11.0 Å². The van der Waals surface area contributed by atoms with Crippen molar-refractivity contribution in [1.82, 2.24) is 5.32 Å². The quantitative estimate of drug-likeness (QED) is 0.673. The summed E-state index contributed by atoms with van der Waals surface area (Å²) in [5.41, 5.74) is 2.21. The molecule has 0 unspecified atom stereocenters. The maximum Gasteiger partial charge on any atom is 0.253 e. The zero-order valence-corrected chi connectivity index (χ0v) is 15.7. The SMILES string of the molecule is CCCCCCNC(=O)c1ccccc1N(Cc1ccccc1)C(C)=O. The third-order valence-electron chi connectivity index (χ3n) is 4.32. The van der Waals surface area contributed by atoms with Crippen LogP contribution in [0, 0.1) is 0 Å². The van der Waals surface area contributed by atoms with Crippen LogP contribution in [0.2, 0.25) is 0 Å². The predicted molar refractivity (Wildman–Crippen MR) is 106 cm³/mol. The summed E-state index contributed by atoms with van der Waals surface area (Å²) < 4.78 is 0. The average molecular weight is 352 g/mol. The van der Waals surface area contributed by atoms with E-state index in [2.05, 4.69) is 12.2 Å². The number of para-hydroxylation sites is 1. The molecule has 0 fully saturated rings. The average Bonchev–Trinajstić information content (AvgIpc) is 2.66. The molecular formula is C22H28N2O2. The van der Waals surface area contributed by atoms with Crippen LogP contribution in [0.15, 0.2) is 54.6 Å². The number of hydrogen-bond donors (Lipinski definition) is 1. The van der Waals surface area contributed by atoms with Crippen LogP contribution in [-0.2, 0) is 11.3 Å². The summed E-state index contributed by atoms with van der Waals surface area (Å²) in [6.07, 6.45) is 4.44. The fraction of sp³-hybridized carbons (Fsp3) is 0.364. The van der Waals surface area contributed by atoms with E-state index in [9.17, 15) is 9.59 Å². The summed E-state index contributed by atoms with van der Waals surface area (Å²) >= 11 is 0. The molecule has 0 radical (unpaired) electrons.